The Labute approximate surface area is 144 Å². The van der Waals surface area contributed by atoms with E-state index < -0.39 is 11.0 Å². The molecule has 4 aliphatic rings. The van der Waals surface area contributed by atoms with E-state index in [1.807, 2.05) is 12.2 Å². The van der Waals surface area contributed by atoms with Gasteiger partial charge < -0.3 is 5.11 Å². The minimum absolute atomic E-state index is 0.0485. The zero-order valence-electron chi connectivity index (χ0n) is 15.0. The van der Waals surface area contributed by atoms with Crippen LogP contribution in [0.15, 0.2) is 23.3 Å². The lowest BCUT2D eigenvalue weighted by Crippen LogP contribution is -2.60. The lowest BCUT2D eigenvalue weighted by Gasteiger charge is -2.61. The highest BCUT2D eigenvalue weighted by atomic mass is 16.3. The van der Waals surface area contributed by atoms with Crippen LogP contribution in [0.4, 0.5) is 0 Å². The SMILES string of the molecule is CC(=O)C1=CC[C@@]2(O)[C@@H]3CCC4=CC(=O)CC[C@]4(C)[C@H]3CC[C@]12C. The molecular formula is C21H28O3. The molecule has 0 aromatic heterocycles. The summed E-state index contributed by atoms with van der Waals surface area (Å²) in [5, 5.41) is 11.8. The Balaban J connectivity index is 1.74. The van der Waals surface area contributed by atoms with Crippen molar-refractivity contribution in [3.8, 4) is 0 Å². The van der Waals surface area contributed by atoms with E-state index in [2.05, 4.69) is 13.8 Å². The highest BCUT2D eigenvalue weighted by Crippen LogP contribution is 2.66. The molecule has 0 aromatic carbocycles. The molecule has 3 nitrogen and oxygen atoms in total. The van der Waals surface area contributed by atoms with Crippen molar-refractivity contribution in [2.45, 2.75) is 71.3 Å². The van der Waals surface area contributed by atoms with E-state index in [-0.39, 0.29) is 22.9 Å². The number of hydrogen-bond donors (Lipinski definition) is 1. The van der Waals surface area contributed by atoms with Crippen LogP contribution < -0.4 is 0 Å². The van der Waals surface area contributed by atoms with Crippen molar-refractivity contribution < 1.29 is 14.7 Å². The van der Waals surface area contributed by atoms with E-state index in [0.717, 1.165) is 37.7 Å². The van der Waals surface area contributed by atoms with Gasteiger partial charge in [-0.25, -0.2) is 0 Å². The van der Waals surface area contributed by atoms with Crippen LogP contribution in [-0.4, -0.2) is 22.3 Å². The molecule has 24 heavy (non-hydrogen) atoms. The molecule has 0 amide bonds. The maximum Gasteiger partial charge on any atom is 0.156 e. The molecule has 0 aromatic rings. The van der Waals surface area contributed by atoms with Crippen molar-refractivity contribution >= 4 is 11.6 Å². The second-order valence-corrected chi connectivity index (χ2v) is 8.98. The summed E-state index contributed by atoms with van der Waals surface area (Å²) in [5.74, 6) is 1.02. The van der Waals surface area contributed by atoms with Crippen molar-refractivity contribution in [1.82, 2.24) is 0 Å². The van der Waals surface area contributed by atoms with Gasteiger partial charge in [0.15, 0.2) is 11.6 Å². The first kappa shape index (κ1) is 16.3. The van der Waals surface area contributed by atoms with E-state index >= 15 is 0 Å². The van der Waals surface area contributed by atoms with Gasteiger partial charge in [0.05, 0.1) is 5.60 Å². The maximum atomic E-state index is 12.1. The van der Waals surface area contributed by atoms with Crippen molar-refractivity contribution in [2.24, 2.45) is 22.7 Å². The second-order valence-electron chi connectivity index (χ2n) is 8.98. The smallest absolute Gasteiger partial charge is 0.156 e. The molecular weight excluding hydrogens is 300 g/mol. The zero-order chi connectivity index (χ0) is 17.3. The summed E-state index contributed by atoms with van der Waals surface area (Å²) in [6.45, 7) is 6.04. The summed E-state index contributed by atoms with van der Waals surface area (Å²) in [6, 6.07) is 0. The topological polar surface area (TPSA) is 54.4 Å². The summed E-state index contributed by atoms with van der Waals surface area (Å²) >= 11 is 0. The van der Waals surface area contributed by atoms with Crippen molar-refractivity contribution in [3.63, 3.8) is 0 Å². The van der Waals surface area contributed by atoms with Crippen LogP contribution >= 0.6 is 0 Å². The molecule has 0 bridgehead atoms. The number of ketones is 2. The Kier molecular flexibility index (Phi) is 3.32. The first-order chi connectivity index (χ1) is 11.2. The lowest BCUT2D eigenvalue weighted by atomic mass is 9.45. The Hall–Kier alpha value is -1.22. The standard InChI is InChI=1S/C21H28O3/c1-13(22)16-8-11-21(24)18-5-4-14-12-15(23)6-9-19(14,2)17(18)7-10-20(16,21)3/h8,12,17-18,24H,4-7,9-11H2,1-3H3/t17-,18+,19-,20+,21+/m0/s1. The fourth-order valence-electron chi connectivity index (χ4n) is 6.63. The average molecular weight is 328 g/mol. The summed E-state index contributed by atoms with van der Waals surface area (Å²) in [5.41, 5.74) is 1.00. The van der Waals surface area contributed by atoms with Gasteiger partial charge in [-0.1, -0.05) is 25.5 Å². The Bertz CT molecular complexity index is 687. The largest absolute Gasteiger partial charge is 0.388 e. The number of hydrogen-bond acceptors (Lipinski definition) is 3. The first-order valence-electron chi connectivity index (χ1n) is 9.40. The number of Topliss-reactive ketones (excluding diaryl/α,β-unsaturated/α-hetero) is 1. The predicted octanol–water partition coefficient (Wildman–Crippen LogP) is 3.76. The molecule has 0 radical (unpaired) electrons. The number of allylic oxidation sites excluding steroid dienone is 2. The Morgan fingerprint density at radius 1 is 1.17 bits per heavy atom. The van der Waals surface area contributed by atoms with Crippen molar-refractivity contribution in [3.05, 3.63) is 23.3 Å². The molecule has 1 N–H and O–H groups in total. The molecule has 3 heteroatoms. The zero-order valence-corrected chi connectivity index (χ0v) is 15.0. The molecule has 0 spiro atoms. The van der Waals surface area contributed by atoms with E-state index in [1.54, 1.807) is 6.92 Å². The van der Waals surface area contributed by atoms with Gasteiger partial charge in [0.25, 0.3) is 0 Å². The molecule has 4 aliphatic carbocycles. The van der Waals surface area contributed by atoms with Gasteiger partial charge in [-0.05, 0) is 74.3 Å². The Morgan fingerprint density at radius 2 is 1.92 bits per heavy atom. The van der Waals surface area contributed by atoms with Crippen LogP contribution in [0, 0.1) is 22.7 Å². The summed E-state index contributed by atoms with van der Waals surface area (Å²) < 4.78 is 0. The van der Waals surface area contributed by atoms with Crippen LogP contribution in [-0.2, 0) is 9.59 Å². The van der Waals surface area contributed by atoms with Crippen LogP contribution in [0.1, 0.15) is 65.7 Å². The predicted molar refractivity (Wildman–Crippen MR) is 92.3 cm³/mol. The third-order valence-corrected chi connectivity index (χ3v) is 8.10. The fourth-order valence-corrected chi connectivity index (χ4v) is 6.63. The number of rotatable bonds is 1. The third kappa shape index (κ3) is 1.82. The summed E-state index contributed by atoms with van der Waals surface area (Å²) in [7, 11) is 0. The van der Waals surface area contributed by atoms with Crippen molar-refractivity contribution in [1.29, 1.82) is 0 Å². The molecule has 2 fully saturated rings. The molecule has 5 atom stereocenters. The average Bonchev–Trinajstić information content (AvgIpc) is 2.80. The van der Waals surface area contributed by atoms with Gasteiger partial charge in [0.1, 0.15) is 0 Å². The molecule has 0 heterocycles. The minimum Gasteiger partial charge on any atom is -0.388 e. The monoisotopic (exact) mass is 328 g/mol. The molecule has 0 unspecified atom stereocenters. The number of carbonyl (C=O) groups excluding carboxylic acids is 2. The highest BCUT2D eigenvalue weighted by Gasteiger charge is 2.64. The highest BCUT2D eigenvalue weighted by molar-refractivity contribution is 5.95. The fraction of sp³-hybridized carbons (Fsp3) is 0.714. The molecule has 2 saturated carbocycles. The number of carbonyl (C=O) groups is 2. The van der Waals surface area contributed by atoms with Crippen LogP contribution in [0.3, 0.4) is 0 Å². The third-order valence-electron chi connectivity index (χ3n) is 8.10. The van der Waals surface area contributed by atoms with Gasteiger partial charge in [-0.3, -0.25) is 9.59 Å². The van der Waals surface area contributed by atoms with E-state index in [0.29, 0.717) is 18.8 Å². The first-order valence-corrected chi connectivity index (χ1v) is 9.40. The molecule has 4 rings (SSSR count). The maximum absolute atomic E-state index is 12.1. The van der Waals surface area contributed by atoms with Gasteiger partial charge in [0.2, 0.25) is 0 Å². The van der Waals surface area contributed by atoms with Crippen LogP contribution in [0.25, 0.3) is 0 Å². The van der Waals surface area contributed by atoms with Crippen molar-refractivity contribution in [2.75, 3.05) is 0 Å². The molecule has 0 aliphatic heterocycles. The van der Waals surface area contributed by atoms with Gasteiger partial charge >= 0.3 is 0 Å². The minimum atomic E-state index is -0.799. The number of fused-ring (bicyclic) bond motifs is 5. The normalized spacial score (nSPS) is 47.2. The molecule has 130 valence electrons. The van der Waals surface area contributed by atoms with E-state index in [1.165, 1.54) is 5.57 Å². The quantitative estimate of drug-likeness (QED) is 0.797. The van der Waals surface area contributed by atoms with E-state index in [4.69, 9.17) is 0 Å². The lowest BCUT2D eigenvalue weighted by molar-refractivity contribution is -0.169. The van der Waals surface area contributed by atoms with Gasteiger partial charge in [-0.15, -0.1) is 0 Å². The van der Waals surface area contributed by atoms with Crippen LogP contribution in [0.5, 0.6) is 0 Å². The van der Waals surface area contributed by atoms with E-state index in [9.17, 15) is 14.7 Å². The summed E-state index contributed by atoms with van der Waals surface area (Å²) in [4.78, 5) is 24.0. The van der Waals surface area contributed by atoms with Gasteiger partial charge in [0, 0.05) is 11.8 Å². The number of aliphatic hydroxyl groups is 1. The van der Waals surface area contributed by atoms with Gasteiger partial charge in [-0.2, -0.15) is 0 Å². The second kappa shape index (κ2) is 4.91. The van der Waals surface area contributed by atoms with Crippen LogP contribution in [0.2, 0.25) is 0 Å². The Morgan fingerprint density at radius 3 is 2.62 bits per heavy atom. The molecule has 0 saturated heterocycles. The summed E-state index contributed by atoms with van der Waals surface area (Å²) in [6.07, 6.45) is 9.81.